The summed E-state index contributed by atoms with van der Waals surface area (Å²) in [6, 6.07) is 1.95. The van der Waals surface area contributed by atoms with Crippen LogP contribution in [0, 0.1) is 0 Å². The second kappa shape index (κ2) is 8.67. The Hall–Kier alpha value is -1.89. The van der Waals surface area contributed by atoms with E-state index in [0.29, 0.717) is 4.88 Å². The Morgan fingerprint density at radius 1 is 1.09 bits per heavy atom. The van der Waals surface area contributed by atoms with E-state index in [1.54, 1.807) is 0 Å². The molecule has 1 aliphatic rings. The molecule has 1 heterocycles. The molecule has 0 aliphatic heterocycles. The Bertz CT molecular complexity index is 558. The lowest BCUT2D eigenvalue weighted by Gasteiger charge is -2.07. The predicted molar refractivity (Wildman–Crippen MR) is 89.1 cm³/mol. The van der Waals surface area contributed by atoms with Gasteiger partial charge < -0.3 is 5.32 Å². The second-order valence-corrected chi connectivity index (χ2v) is 6.85. The molecule has 0 atom stereocenters. The summed E-state index contributed by atoms with van der Waals surface area (Å²) in [6.07, 6.45) is 7.04. The molecule has 2 rings (SSSR count). The summed E-state index contributed by atoms with van der Waals surface area (Å²) in [5, 5.41) is 2.53. The van der Waals surface area contributed by atoms with Gasteiger partial charge in [-0.25, -0.2) is 0 Å². The number of amides is 3. The van der Waals surface area contributed by atoms with Crippen LogP contribution in [0.4, 0.5) is 0 Å². The quantitative estimate of drug-likeness (QED) is 0.731. The number of hydrogen-bond acceptors (Lipinski definition) is 4. The summed E-state index contributed by atoms with van der Waals surface area (Å²) in [4.78, 5) is 36.4. The largest absolute Gasteiger partial charge is 0.356 e. The van der Waals surface area contributed by atoms with Crippen molar-refractivity contribution in [2.24, 2.45) is 0 Å². The first-order chi connectivity index (χ1) is 11.1. The van der Waals surface area contributed by atoms with Crippen molar-refractivity contribution in [2.45, 2.75) is 51.9 Å². The summed E-state index contributed by atoms with van der Waals surface area (Å²) in [6.45, 7) is 1.65. The van der Waals surface area contributed by atoms with Crippen molar-refractivity contribution in [3.05, 3.63) is 21.4 Å². The standard InChI is InChI=1S/C16H23N3O3S/c1-11(20)17-9-8-15(21)18-19-16(22)14-10-12-6-4-2-3-5-7-13(12)23-14/h10H,2-9H2,1H3,(H,17,20)(H,18,21)(H,19,22). The van der Waals surface area contributed by atoms with E-state index in [1.807, 2.05) is 6.07 Å². The highest BCUT2D eigenvalue weighted by Crippen LogP contribution is 2.28. The molecule has 0 saturated carbocycles. The van der Waals surface area contributed by atoms with Gasteiger partial charge in [0.1, 0.15) is 0 Å². The van der Waals surface area contributed by atoms with Gasteiger partial charge in [0.25, 0.3) is 5.91 Å². The minimum Gasteiger partial charge on any atom is -0.356 e. The van der Waals surface area contributed by atoms with Gasteiger partial charge in [0.05, 0.1) is 4.88 Å². The van der Waals surface area contributed by atoms with Crippen molar-refractivity contribution in [3.63, 3.8) is 0 Å². The summed E-state index contributed by atoms with van der Waals surface area (Å²) >= 11 is 1.52. The molecule has 126 valence electrons. The van der Waals surface area contributed by atoms with Gasteiger partial charge in [-0.15, -0.1) is 11.3 Å². The molecule has 7 heteroatoms. The number of carbonyl (C=O) groups is 3. The number of aryl methyl sites for hydroxylation is 2. The van der Waals surface area contributed by atoms with Crippen LogP contribution < -0.4 is 16.2 Å². The fourth-order valence-corrected chi connectivity index (χ4v) is 3.71. The highest BCUT2D eigenvalue weighted by atomic mass is 32.1. The minimum absolute atomic E-state index is 0.126. The highest BCUT2D eigenvalue weighted by Gasteiger charge is 2.16. The zero-order valence-electron chi connectivity index (χ0n) is 13.4. The Kier molecular flexibility index (Phi) is 6.58. The van der Waals surface area contributed by atoms with E-state index in [9.17, 15) is 14.4 Å². The monoisotopic (exact) mass is 337 g/mol. The molecule has 6 nitrogen and oxygen atoms in total. The molecule has 0 spiro atoms. The number of rotatable bonds is 4. The van der Waals surface area contributed by atoms with E-state index in [-0.39, 0.29) is 30.7 Å². The van der Waals surface area contributed by atoms with E-state index in [1.165, 1.54) is 54.4 Å². The van der Waals surface area contributed by atoms with Crippen LogP contribution in [-0.2, 0) is 22.4 Å². The fourth-order valence-electron chi connectivity index (χ4n) is 2.56. The van der Waals surface area contributed by atoms with Gasteiger partial charge in [-0.05, 0) is 37.3 Å². The van der Waals surface area contributed by atoms with E-state index >= 15 is 0 Å². The first-order valence-electron chi connectivity index (χ1n) is 8.01. The molecule has 1 aromatic rings. The average molecular weight is 337 g/mol. The maximum atomic E-state index is 12.1. The third-order valence-corrected chi connectivity index (χ3v) is 5.00. The third-order valence-electron chi connectivity index (χ3n) is 3.76. The molecular weight excluding hydrogens is 314 g/mol. The molecule has 0 aromatic carbocycles. The normalized spacial score (nSPS) is 14.1. The topological polar surface area (TPSA) is 87.3 Å². The van der Waals surface area contributed by atoms with Crippen LogP contribution >= 0.6 is 11.3 Å². The zero-order chi connectivity index (χ0) is 16.7. The maximum absolute atomic E-state index is 12.1. The molecule has 1 aliphatic carbocycles. The number of fused-ring (bicyclic) bond motifs is 1. The lowest BCUT2D eigenvalue weighted by atomic mass is 10.00. The Balaban J connectivity index is 1.82. The second-order valence-electron chi connectivity index (χ2n) is 5.71. The predicted octanol–water partition coefficient (Wildman–Crippen LogP) is 1.69. The van der Waals surface area contributed by atoms with Crippen molar-refractivity contribution < 1.29 is 14.4 Å². The van der Waals surface area contributed by atoms with Crippen LogP contribution in [0.2, 0.25) is 0 Å². The molecule has 3 amide bonds. The van der Waals surface area contributed by atoms with E-state index < -0.39 is 0 Å². The minimum atomic E-state index is -0.331. The number of hydrogen-bond donors (Lipinski definition) is 3. The molecule has 0 radical (unpaired) electrons. The average Bonchev–Trinajstić information content (AvgIpc) is 2.87. The van der Waals surface area contributed by atoms with Gasteiger partial charge in [-0.3, -0.25) is 25.2 Å². The van der Waals surface area contributed by atoms with Gasteiger partial charge in [-0.1, -0.05) is 12.8 Å². The van der Waals surface area contributed by atoms with Crippen molar-refractivity contribution in [2.75, 3.05) is 6.54 Å². The molecule has 0 saturated heterocycles. The molecule has 0 bridgehead atoms. The van der Waals surface area contributed by atoms with Crippen molar-refractivity contribution >= 4 is 29.1 Å². The molecule has 0 unspecified atom stereocenters. The van der Waals surface area contributed by atoms with Crippen LogP contribution in [-0.4, -0.2) is 24.3 Å². The first-order valence-corrected chi connectivity index (χ1v) is 8.83. The lowest BCUT2D eigenvalue weighted by molar-refractivity contribution is -0.122. The number of hydrazine groups is 1. The SMILES string of the molecule is CC(=O)NCCC(=O)NNC(=O)c1cc2c(s1)CCCCCC2. The van der Waals surface area contributed by atoms with Crippen molar-refractivity contribution in [3.8, 4) is 0 Å². The van der Waals surface area contributed by atoms with Crippen molar-refractivity contribution in [1.29, 1.82) is 0 Å². The highest BCUT2D eigenvalue weighted by molar-refractivity contribution is 7.14. The van der Waals surface area contributed by atoms with Crippen LogP contribution in [0.5, 0.6) is 0 Å². The Morgan fingerprint density at radius 2 is 1.83 bits per heavy atom. The molecule has 1 aromatic heterocycles. The lowest BCUT2D eigenvalue weighted by Crippen LogP contribution is -2.42. The van der Waals surface area contributed by atoms with Gasteiger partial charge in [-0.2, -0.15) is 0 Å². The zero-order valence-corrected chi connectivity index (χ0v) is 14.2. The van der Waals surface area contributed by atoms with Gasteiger partial charge in [0, 0.05) is 24.8 Å². The molecular formula is C16H23N3O3S. The van der Waals surface area contributed by atoms with Crippen LogP contribution in [0.25, 0.3) is 0 Å². The number of thiophene rings is 1. The molecule has 23 heavy (non-hydrogen) atoms. The van der Waals surface area contributed by atoms with Gasteiger partial charge in [0.2, 0.25) is 11.8 Å². The van der Waals surface area contributed by atoms with E-state index in [4.69, 9.17) is 0 Å². The van der Waals surface area contributed by atoms with Crippen LogP contribution in [0.3, 0.4) is 0 Å². The van der Waals surface area contributed by atoms with Crippen LogP contribution in [0.1, 0.15) is 59.1 Å². The van der Waals surface area contributed by atoms with E-state index in [0.717, 1.165) is 12.8 Å². The van der Waals surface area contributed by atoms with Gasteiger partial charge >= 0.3 is 0 Å². The summed E-state index contributed by atoms with van der Waals surface area (Å²) < 4.78 is 0. The third kappa shape index (κ3) is 5.67. The summed E-state index contributed by atoms with van der Waals surface area (Å²) in [5.41, 5.74) is 6.09. The Labute approximate surface area is 140 Å². The fraction of sp³-hybridized carbons (Fsp3) is 0.562. The smallest absolute Gasteiger partial charge is 0.279 e. The number of nitrogens with one attached hydrogen (secondary N) is 3. The summed E-state index contributed by atoms with van der Waals surface area (Å²) in [5.74, 6) is -0.797. The number of carbonyl (C=O) groups excluding carboxylic acids is 3. The van der Waals surface area contributed by atoms with Crippen molar-refractivity contribution in [1.82, 2.24) is 16.2 Å². The molecule has 0 fully saturated rings. The first kappa shape index (κ1) is 17.5. The maximum Gasteiger partial charge on any atom is 0.279 e. The summed E-state index contributed by atoms with van der Waals surface area (Å²) in [7, 11) is 0. The van der Waals surface area contributed by atoms with E-state index in [2.05, 4.69) is 16.2 Å². The molecule has 3 N–H and O–H groups in total. The van der Waals surface area contributed by atoms with Gasteiger partial charge in [0.15, 0.2) is 0 Å². The Morgan fingerprint density at radius 3 is 2.57 bits per heavy atom. The van der Waals surface area contributed by atoms with Crippen LogP contribution in [0.15, 0.2) is 6.07 Å².